The van der Waals surface area contributed by atoms with Gasteiger partial charge in [0.15, 0.2) is 0 Å². The molecule has 2 amide bonds. The van der Waals surface area contributed by atoms with Crippen molar-refractivity contribution in [1.82, 2.24) is 25.1 Å². The molecule has 0 aliphatic carbocycles. The molecule has 0 bridgehead atoms. The number of likely N-dealkylation sites (N-methyl/N-ethyl adjacent to an activating group) is 1. The standard InChI is InChI=1S/C27H35FN6O2/c1-5-6-7-10-29-26(35)17-33(25-13-24-22(11-19(25)2)14-31(3)30-24)18-27(36)32(4)34-15-20-8-9-23(28)12-21(20)16-34/h8-9,11-14H,5-7,10,15-18H2,1-4H3,(H,29,35). The lowest BCUT2D eigenvalue weighted by atomic mass is 10.1. The molecule has 0 unspecified atom stereocenters. The molecule has 2 heterocycles. The van der Waals surface area contributed by atoms with Gasteiger partial charge >= 0.3 is 0 Å². The minimum atomic E-state index is -0.277. The first-order valence-corrected chi connectivity index (χ1v) is 12.5. The van der Waals surface area contributed by atoms with Crippen LogP contribution in [0.25, 0.3) is 10.9 Å². The van der Waals surface area contributed by atoms with Gasteiger partial charge in [0.25, 0.3) is 5.91 Å². The second kappa shape index (κ2) is 11.1. The van der Waals surface area contributed by atoms with E-state index in [1.165, 1.54) is 12.1 Å². The van der Waals surface area contributed by atoms with Gasteiger partial charge in [-0.1, -0.05) is 25.8 Å². The number of carbonyl (C=O) groups is 2. The van der Waals surface area contributed by atoms with Crippen molar-refractivity contribution in [3.8, 4) is 0 Å². The number of nitrogens with zero attached hydrogens (tertiary/aromatic N) is 5. The summed E-state index contributed by atoms with van der Waals surface area (Å²) in [6.45, 7) is 5.82. The van der Waals surface area contributed by atoms with Crippen molar-refractivity contribution < 1.29 is 14.0 Å². The maximum absolute atomic E-state index is 13.7. The molecule has 3 aromatic rings. The van der Waals surface area contributed by atoms with Crippen LogP contribution in [0.2, 0.25) is 0 Å². The van der Waals surface area contributed by atoms with Crippen molar-refractivity contribution in [2.75, 3.05) is 31.6 Å². The van der Waals surface area contributed by atoms with Crippen LogP contribution in [0, 0.1) is 12.7 Å². The molecule has 0 radical (unpaired) electrons. The number of carbonyl (C=O) groups excluding carboxylic acids is 2. The van der Waals surface area contributed by atoms with Gasteiger partial charge in [0, 0.05) is 51.0 Å². The molecule has 8 nitrogen and oxygen atoms in total. The highest BCUT2D eigenvalue weighted by Gasteiger charge is 2.27. The lowest BCUT2D eigenvalue weighted by Crippen LogP contribution is -2.48. The zero-order valence-electron chi connectivity index (χ0n) is 21.6. The van der Waals surface area contributed by atoms with Crippen LogP contribution in [0.1, 0.15) is 42.9 Å². The van der Waals surface area contributed by atoms with Gasteiger partial charge in [0.2, 0.25) is 5.91 Å². The van der Waals surface area contributed by atoms with Crippen LogP contribution in [0.5, 0.6) is 0 Å². The van der Waals surface area contributed by atoms with E-state index >= 15 is 0 Å². The molecule has 0 saturated heterocycles. The minimum absolute atomic E-state index is 0.0271. The average molecular weight is 495 g/mol. The summed E-state index contributed by atoms with van der Waals surface area (Å²) in [5.41, 5.74) is 4.47. The number of aryl methyl sites for hydroxylation is 2. The Morgan fingerprint density at radius 1 is 1.11 bits per heavy atom. The molecule has 1 N–H and O–H groups in total. The van der Waals surface area contributed by atoms with E-state index in [4.69, 9.17) is 0 Å². The van der Waals surface area contributed by atoms with E-state index in [1.807, 2.05) is 42.2 Å². The molecule has 0 atom stereocenters. The maximum Gasteiger partial charge on any atom is 0.256 e. The molecule has 2 aromatic carbocycles. The number of amides is 2. The highest BCUT2D eigenvalue weighted by molar-refractivity contribution is 5.90. The minimum Gasteiger partial charge on any atom is -0.355 e. The third-order valence-electron chi connectivity index (χ3n) is 6.70. The number of aromatic nitrogens is 2. The van der Waals surface area contributed by atoms with E-state index in [1.54, 1.807) is 22.8 Å². The third-order valence-corrected chi connectivity index (χ3v) is 6.70. The predicted octanol–water partition coefficient (Wildman–Crippen LogP) is 3.52. The van der Waals surface area contributed by atoms with Crippen LogP contribution < -0.4 is 10.2 Å². The van der Waals surface area contributed by atoms with Crippen molar-refractivity contribution in [2.45, 2.75) is 46.2 Å². The molecular weight excluding hydrogens is 459 g/mol. The first-order chi connectivity index (χ1) is 17.2. The number of unbranched alkanes of at least 4 members (excludes halogenated alkanes) is 2. The highest BCUT2D eigenvalue weighted by Crippen LogP contribution is 2.27. The largest absolute Gasteiger partial charge is 0.355 e. The summed E-state index contributed by atoms with van der Waals surface area (Å²) >= 11 is 0. The molecule has 0 saturated carbocycles. The summed E-state index contributed by atoms with van der Waals surface area (Å²) < 4.78 is 15.4. The second-order valence-electron chi connectivity index (χ2n) is 9.57. The van der Waals surface area contributed by atoms with E-state index in [-0.39, 0.29) is 30.7 Å². The Hall–Kier alpha value is -3.46. The second-order valence-corrected chi connectivity index (χ2v) is 9.57. The van der Waals surface area contributed by atoms with Crippen LogP contribution >= 0.6 is 0 Å². The summed E-state index contributed by atoms with van der Waals surface area (Å²) in [6, 6.07) is 8.71. The molecular formula is C27H35FN6O2. The fraction of sp³-hybridized carbons (Fsp3) is 0.444. The van der Waals surface area contributed by atoms with Crippen molar-refractivity contribution in [2.24, 2.45) is 7.05 Å². The van der Waals surface area contributed by atoms with Crippen LogP contribution in [-0.2, 0) is 29.7 Å². The highest BCUT2D eigenvalue weighted by atomic mass is 19.1. The molecule has 1 aromatic heterocycles. The number of fused-ring (bicyclic) bond motifs is 2. The summed E-state index contributed by atoms with van der Waals surface area (Å²) in [4.78, 5) is 28.0. The zero-order valence-corrected chi connectivity index (χ0v) is 21.6. The number of benzene rings is 2. The first-order valence-electron chi connectivity index (χ1n) is 12.5. The topological polar surface area (TPSA) is 73.7 Å². The van der Waals surface area contributed by atoms with E-state index in [0.29, 0.717) is 19.6 Å². The average Bonchev–Trinajstić information content (AvgIpc) is 3.41. The van der Waals surface area contributed by atoms with Crippen LogP contribution in [0.3, 0.4) is 0 Å². The summed E-state index contributed by atoms with van der Waals surface area (Å²) in [6.07, 6.45) is 5.02. The Bertz CT molecular complexity index is 1260. The van der Waals surface area contributed by atoms with Gasteiger partial charge in [0.05, 0.1) is 18.6 Å². The summed E-state index contributed by atoms with van der Waals surface area (Å²) in [7, 11) is 3.59. The number of nitrogens with one attached hydrogen (secondary N) is 1. The van der Waals surface area contributed by atoms with Gasteiger partial charge in [-0.15, -0.1) is 0 Å². The van der Waals surface area contributed by atoms with Crippen LogP contribution in [0.4, 0.5) is 10.1 Å². The fourth-order valence-electron chi connectivity index (χ4n) is 4.68. The van der Waals surface area contributed by atoms with Gasteiger partial charge < -0.3 is 10.2 Å². The Balaban J connectivity index is 1.51. The SMILES string of the molecule is CCCCCNC(=O)CN(CC(=O)N(C)N1Cc2ccc(F)cc2C1)c1cc2nn(C)cc2cc1C. The molecule has 36 heavy (non-hydrogen) atoms. The van der Waals surface area contributed by atoms with Crippen LogP contribution in [-0.4, -0.2) is 58.3 Å². The predicted molar refractivity (Wildman–Crippen MR) is 139 cm³/mol. The summed E-state index contributed by atoms with van der Waals surface area (Å²) in [5, 5.41) is 12.0. The van der Waals surface area contributed by atoms with Crippen molar-refractivity contribution >= 4 is 28.4 Å². The Labute approximate surface area is 211 Å². The Morgan fingerprint density at radius 2 is 1.89 bits per heavy atom. The monoisotopic (exact) mass is 494 g/mol. The molecule has 9 heteroatoms. The van der Waals surface area contributed by atoms with E-state index in [2.05, 4.69) is 17.3 Å². The number of hydrogen-bond donors (Lipinski definition) is 1. The van der Waals surface area contributed by atoms with Gasteiger partial charge in [-0.25, -0.2) is 9.40 Å². The fourth-order valence-corrected chi connectivity index (χ4v) is 4.68. The number of anilines is 1. The first kappa shape index (κ1) is 25.6. The molecule has 1 aliphatic rings. The smallest absolute Gasteiger partial charge is 0.256 e. The van der Waals surface area contributed by atoms with Gasteiger partial charge in [-0.3, -0.25) is 19.3 Å². The quantitative estimate of drug-likeness (QED) is 0.437. The zero-order chi connectivity index (χ0) is 25.8. The van der Waals surface area contributed by atoms with Crippen molar-refractivity contribution in [1.29, 1.82) is 0 Å². The Morgan fingerprint density at radius 3 is 2.67 bits per heavy atom. The lowest BCUT2D eigenvalue weighted by molar-refractivity contribution is -0.145. The van der Waals surface area contributed by atoms with Gasteiger partial charge in [-0.05, 0) is 54.3 Å². The Kier molecular flexibility index (Phi) is 7.88. The normalized spacial score (nSPS) is 13.1. The molecule has 0 fully saturated rings. The molecule has 0 spiro atoms. The summed E-state index contributed by atoms with van der Waals surface area (Å²) in [5.74, 6) is -0.546. The number of rotatable bonds is 10. The van der Waals surface area contributed by atoms with E-state index in [9.17, 15) is 14.0 Å². The number of halogens is 1. The van der Waals surface area contributed by atoms with E-state index < -0.39 is 0 Å². The van der Waals surface area contributed by atoms with Gasteiger partial charge in [-0.2, -0.15) is 5.10 Å². The maximum atomic E-state index is 13.7. The third kappa shape index (κ3) is 5.84. The van der Waals surface area contributed by atoms with Crippen molar-refractivity contribution in [3.05, 3.63) is 59.0 Å². The number of hydrogen-bond acceptors (Lipinski definition) is 5. The van der Waals surface area contributed by atoms with Crippen molar-refractivity contribution in [3.63, 3.8) is 0 Å². The van der Waals surface area contributed by atoms with Gasteiger partial charge in [0.1, 0.15) is 5.82 Å². The lowest BCUT2D eigenvalue weighted by Gasteiger charge is -2.32. The van der Waals surface area contributed by atoms with E-state index in [0.717, 1.165) is 52.5 Å². The molecule has 4 rings (SSSR count). The van der Waals surface area contributed by atoms with Crippen LogP contribution in [0.15, 0.2) is 36.5 Å². The number of hydrazine groups is 1. The molecule has 192 valence electrons. The molecule has 1 aliphatic heterocycles.